The van der Waals surface area contributed by atoms with E-state index in [2.05, 4.69) is 53.1 Å². The fourth-order valence-electron chi connectivity index (χ4n) is 0.839. The van der Waals surface area contributed by atoms with E-state index in [1.165, 1.54) is 0 Å². The van der Waals surface area contributed by atoms with Crippen molar-refractivity contribution >= 4 is 53.5 Å². The first-order valence-corrected chi connectivity index (χ1v) is 5.78. The van der Waals surface area contributed by atoms with E-state index in [0.29, 0.717) is 6.54 Å². The number of anilines is 1. The van der Waals surface area contributed by atoms with E-state index in [-0.39, 0.29) is 0 Å². The van der Waals surface area contributed by atoms with Gasteiger partial charge in [-0.15, -0.1) is 0 Å². The molecule has 0 amide bonds. The van der Waals surface area contributed by atoms with Crippen LogP contribution in [0.3, 0.4) is 0 Å². The van der Waals surface area contributed by atoms with Gasteiger partial charge in [0.2, 0.25) is 0 Å². The summed E-state index contributed by atoms with van der Waals surface area (Å²) in [6.45, 7) is 0.291. The third-order valence-corrected chi connectivity index (χ3v) is 3.06. The lowest BCUT2D eigenvalue weighted by molar-refractivity contribution is 1.30. The van der Waals surface area contributed by atoms with Crippen LogP contribution < -0.4 is 5.32 Å². The Morgan fingerprint density at radius 2 is 1.77 bits per heavy atom. The largest absolute Gasteiger partial charge is 0.370 e. The highest BCUT2D eigenvalue weighted by Gasteiger charge is 2.05. The maximum atomic E-state index is 8.41. The van der Waals surface area contributed by atoms with Crippen LogP contribution in [0.2, 0.25) is 0 Å². The van der Waals surface area contributed by atoms with Gasteiger partial charge < -0.3 is 5.32 Å². The summed E-state index contributed by atoms with van der Waals surface area (Å²) in [6, 6.07) is 5.86. The van der Waals surface area contributed by atoms with E-state index in [1.807, 2.05) is 18.2 Å². The predicted molar refractivity (Wildman–Crippen MR) is 63.6 cm³/mol. The SMILES string of the molecule is N#CCNc1c(Br)cc(Br)cc1Br. The molecular formula is C8H5Br3N2. The summed E-state index contributed by atoms with van der Waals surface area (Å²) in [4.78, 5) is 0. The van der Waals surface area contributed by atoms with Crippen LogP contribution in [0.25, 0.3) is 0 Å². The van der Waals surface area contributed by atoms with Crippen molar-refractivity contribution in [2.75, 3.05) is 11.9 Å². The molecule has 1 rings (SSSR count). The monoisotopic (exact) mass is 366 g/mol. The number of nitrogens with zero attached hydrogens (tertiary/aromatic N) is 1. The normalized spacial score (nSPS) is 9.38. The quantitative estimate of drug-likeness (QED) is 0.803. The minimum Gasteiger partial charge on any atom is -0.370 e. The molecule has 0 heterocycles. The molecule has 13 heavy (non-hydrogen) atoms. The van der Waals surface area contributed by atoms with Crippen molar-refractivity contribution in [1.29, 1.82) is 5.26 Å². The predicted octanol–water partition coefficient (Wildman–Crippen LogP) is 3.91. The first-order valence-electron chi connectivity index (χ1n) is 3.40. The summed E-state index contributed by atoms with van der Waals surface area (Å²) >= 11 is 10.2. The van der Waals surface area contributed by atoms with E-state index < -0.39 is 0 Å². The lowest BCUT2D eigenvalue weighted by Crippen LogP contribution is -1.99. The highest BCUT2D eigenvalue weighted by atomic mass is 79.9. The minimum atomic E-state index is 0.291. The molecule has 1 aromatic rings. The van der Waals surface area contributed by atoms with E-state index in [9.17, 15) is 0 Å². The molecule has 0 aliphatic heterocycles. The van der Waals surface area contributed by atoms with E-state index in [1.54, 1.807) is 0 Å². The van der Waals surface area contributed by atoms with Crippen molar-refractivity contribution in [2.45, 2.75) is 0 Å². The summed E-state index contributed by atoms with van der Waals surface area (Å²) in [5.41, 5.74) is 0.893. The van der Waals surface area contributed by atoms with Gasteiger partial charge in [-0.2, -0.15) is 5.26 Å². The number of nitriles is 1. The van der Waals surface area contributed by atoms with Gasteiger partial charge in [0, 0.05) is 13.4 Å². The minimum absolute atomic E-state index is 0.291. The van der Waals surface area contributed by atoms with Crippen LogP contribution in [-0.2, 0) is 0 Å². The summed E-state index contributed by atoms with van der Waals surface area (Å²) in [5.74, 6) is 0. The average Bonchev–Trinajstić information content (AvgIpc) is 2.02. The molecule has 1 N–H and O–H groups in total. The molecule has 0 aliphatic rings. The standard InChI is InChI=1S/C8H5Br3N2/c9-5-3-6(10)8(7(11)4-5)13-2-1-12/h3-4,13H,2H2. The summed E-state index contributed by atoms with van der Waals surface area (Å²) in [7, 11) is 0. The molecule has 5 heteroatoms. The van der Waals surface area contributed by atoms with Gasteiger partial charge in [-0.3, -0.25) is 0 Å². The number of halogens is 3. The van der Waals surface area contributed by atoms with Gasteiger partial charge in [-0.25, -0.2) is 0 Å². The summed E-state index contributed by atoms with van der Waals surface area (Å²) in [6.07, 6.45) is 0. The van der Waals surface area contributed by atoms with Gasteiger partial charge in [0.15, 0.2) is 0 Å². The lowest BCUT2D eigenvalue weighted by Gasteiger charge is -2.08. The van der Waals surface area contributed by atoms with Crippen LogP contribution >= 0.6 is 47.8 Å². The van der Waals surface area contributed by atoms with Crippen LogP contribution in [0.15, 0.2) is 25.6 Å². The van der Waals surface area contributed by atoms with Gasteiger partial charge in [-0.05, 0) is 44.0 Å². The number of rotatable bonds is 2. The van der Waals surface area contributed by atoms with Crippen LogP contribution in [0.4, 0.5) is 5.69 Å². The Balaban J connectivity index is 3.00. The highest BCUT2D eigenvalue weighted by molar-refractivity contribution is 9.11. The molecule has 0 atom stereocenters. The Kier molecular flexibility index (Phi) is 4.23. The number of hydrogen-bond donors (Lipinski definition) is 1. The van der Waals surface area contributed by atoms with Crippen molar-refractivity contribution in [1.82, 2.24) is 0 Å². The van der Waals surface area contributed by atoms with Crippen molar-refractivity contribution in [3.8, 4) is 6.07 Å². The van der Waals surface area contributed by atoms with Crippen LogP contribution in [0, 0.1) is 11.3 Å². The topological polar surface area (TPSA) is 35.8 Å². The van der Waals surface area contributed by atoms with Gasteiger partial charge in [0.05, 0.1) is 11.8 Å². The second-order valence-electron chi connectivity index (χ2n) is 2.26. The Bertz CT molecular complexity index is 334. The molecule has 0 saturated heterocycles. The van der Waals surface area contributed by atoms with Crippen LogP contribution in [0.1, 0.15) is 0 Å². The van der Waals surface area contributed by atoms with Gasteiger partial charge in [0.25, 0.3) is 0 Å². The van der Waals surface area contributed by atoms with E-state index in [0.717, 1.165) is 19.1 Å². The van der Waals surface area contributed by atoms with Gasteiger partial charge >= 0.3 is 0 Å². The zero-order chi connectivity index (χ0) is 9.84. The Hall–Kier alpha value is -0.0500. The summed E-state index contributed by atoms with van der Waals surface area (Å²) in [5, 5.41) is 11.4. The van der Waals surface area contributed by atoms with Crippen molar-refractivity contribution in [3.63, 3.8) is 0 Å². The molecule has 68 valence electrons. The maximum absolute atomic E-state index is 8.41. The second kappa shape index (κ2) is 4.99. The van der Waals surface area contributed by atoms with E-state index in [4.69, 9.17) is 5.26 Å². The Morgan fingerprint density at radius 3 is 2.23 bits per heavy atom. The first kappa shape index (κ1) is 11.0. The number of benzene rings is 1. The van der Waals surface area contributed by atoms with Gasteiger partial charge in [0.1, 0.15) is 6.54 Å². The fraction of sp³-hybridized carbons (Fsp3) is 0.125. The molecule has 0 fully saturated rings. The maximum Gasteiger partial charge on any atom is 0.103 e. The van der Waals surface area contributed by atoms with Crippen molar-refractivity contribution < 1.29 is 0 Å². The number of nitrogens with one attached hydrogen (secondary N) is 1. The fourth-order valence-corrected chi connectivity index (χ4v) is 3.38. The molecular weight excluding hydrogens is 364 g/mol. The smallest absolute Gasteiger partial charge is 0.103 e. The molecule has 1 aromatic carbocycles. The van der Waals surface area contributed by atoms with Gasteiger partial charge in [-0.1, -0.05) is 15.9 Å². The molecule has 0 aliphatic carbocycles. The van der Waals surface area contributed by atoms with Crippen LogP contribution in [-0.4, -0.2) is 6.54 Å². The Morgan fingerprint density at radius 1 is 1.23 bits per heavy atom. The zero-order valence-corrected chi connectivity index (χ0v) is 11.2. The number of hydrogen-bond acceptors (Lipinski definition) is 2. The third kappa shape index (κ3) is 2.97. The zero-order valence-electron chi connectivity index (χ0n) is 6.44. The molecule has 0 saturated carbocycles. The Labute approximate surface area is 102 Å². The molecule has 0 radical (unpaired) electrons. The first-order chi connectivity index (χ1) is 6.15. The van der Waals surface area contributed by atoms with Crippen LogP contribution in [0.5, 0.6) is 0 Å². The lowest BCUT2D eigenvalue weighted by atomic mass is 10.3. The highest BCUT2D eigenvalue weighted by Crippen LogP contribution is 2.33. The van der Waals surface area contributed by atoms with Crippen molar-refractivity contribution in [3.05, 3.63) is 25.6 Å². The van der Waals surface area contributed by atoms with E-state index >= 15 is 0 Å². The molecule has 0 spiro atoms. The van der Waals surface area contributed by atoms with Crippen molar-refractivity contribution in [2.24, 2.45) is 0 Å². The second-order valence-corrected chi connectivity index (χ2v) is 4.88. The molecule has 2 nitrogen and oxygen atoms in total. The molecule has 0 unspecified atom stereocenters. The molecule has 0 bridgehead atoms. The third-order valence-electron chi connectivity index (χ3n) is 1.35. The summed E-state index contributed by atoms with van der Waals surface area (Å²) < 4.78 is 2.82. The molecule has 0 aromatic heterocycles. The average molecular weight is 369 g/mol.